The molecule has 37 heavy (non-hydrogen) atoms. The summed E-state index contributed by atoms with van der Waals surface area (Å²) in [7, 11) is 1.63. The highest BCUT2D eigenvalue weighted by atomic mass is 16.7. The number of hydrogen-bond donors (Lipinski definition) is 2. The second kappa shape index (κ2) is 11.9. The van der Waals surface area contributed by atoms with Gasteiger partial charge in [0.15, 0.2) is 11.5 Å². The van der Waals surface area contributed by atoms with Crippen LogP contribution in [0.4, 0.5) is 0 Å². The van der Waals surface area contributed by atoms with Crippen molar-refractivity contribution in [1.82, 2.24) is 10.7 Å². The van der Waals surface area contributed by atoms with Gasteiger partial charge in [0.25, 0.3) is 11.8 Å². The Morgan fingerprint density at radius 1 is 0.973 bits per heavy atom. The Morgan fingerprint density at radius 2 is 1.68 bits per heavy atom. The second-order valence-electron chi connectivity index (χ2n) is 8.70. The lowest BCUT2D eigenvalue weighted by atomic mass is 10.0. The van der Waals surface area contributed by atoms with Crippen LogP contribution >= 0.6 is 0 Å². The van der Waals surface area contributed by atoms with Crippen molar-refractivity contribution in [3.05, 3.63) is 83.4 Å². The number of hydrogen-bond acceptors (Lipinski definition) is 7. The summed E-state index contributed by atoms with van der Waals surface area (Å²) in [5, 5.41) is 6.82. The van der Waals surface area contributed by atoms with Gasteiger partial charge in [-0.05, 0) is 71.6 Å². The number of nitrogens with one attached hydrogen (secondary N) is 2. The predicted octanol–water partition coefficient (Wildman–Crippen LogP) is 3.91. The summed E-state index contributed by atoms with van der Waals surface area (Å²) in [6, 6.07) is 19.1. The molecule has 0 aromatic heterocycles. The molecule has 0 spiro atoms. The number of carbonyl (C=O) groups is 2. The SMILES string of the molecule is COc1ccc(COc2ccc(C=NNC(=O)C(NC(=O)c3ccc4c(c3)OCO4)C(C)C)cc2)cc1. The van der Waals surface area contributed by atoms with Crippen LogP contribution < -0.4 is 29.7 Å². The Kier molecular flexibility index (Phi) is 8.25. The molecule has 9 heteroatoms. The monoisotopic (exact) mass is 503 g/mol. The minimum Gasteiger partial charge on any atom is -0.497 e. The molecule has 0 saturated carbocycles. The van der Waals surface area contributed by atoms with Crippen LogP contribution in [0.25, 0.3) is 0 Å². The van der Waals surface area contributed by atoms with Crippen molar-refractivity contribution in [3.63, 3.8) is 0 Å². The summed E-state index contributed by atoms with van der Waals surface area (Å²) in [6.07, 6.45) is 1.53. The molecule has 3 aromatic carbocycles. The van der Waals surface area contributed by atoms with Crippen molar-refractivity contribution < 1.29 is 28.5 Å². The lowest BCUT2D eigenvalue weighted by Gasteiger charge is -2.20. The van der Waals surface area contributed by atoms with E-state index in [4.69, 9.17) is 18.9 Å². The van der Waals surface area contributed by atoms with Crippen LogP contribution in [0.1, 0.15) is 35.3 Å². The van der Waals surface area contributed by atoms with E-state index in [0.29, 0.717) is 29.4 Å². The quantitative estimate of drug-likeness (QED) is 0.321. The number of methoxy groups -OCH3 is 1. The van der Waals surface area contributed by atoms with Gasteiger partial charge < -0.3 is 24.3 Å². The van der Waals surface area contributed by atoms with E-state index in [9.17, 15) is 9.59 Å². The Hall–Kier alpha value is -4.53. The van der Waals surface area contributed by atoms with Crippen molar-refractivity contribution in [2.24, 2.45) is 11.0 Å². The van der Waals surface area contributed by atoms with Crippen LogP contribution in [0.2, 0.25) is 0 Å². The van der Waals surface area contributed by atoms with Crippen LogP contribution in [0.3, 0.4) is 0 Å². The molecule has 0 fully saturated rings. The van der Waals surface area contributed by atoms with Gasteiger partial charge >= 0.3 is 0 Å². The predicted molar refractivity (Wildman–Crippen MR) is 138 cm³/mol. The van der Waals surface area contributed by atoms with Crippen molar-refractivity contribution in [2.45, 2.75) is 26.5 Å². The Bertz CT molecular complexity index is 1260. The maximum atomic E-state index is 12.7. The van der Waals surface area contributed by atoms with Crippen LogP contribution in [-0.2, 0) is 11.4 Å². The maximum absolute atomic E-state index is 12.7. The molecule has 192 valence electrons. The first-order valence-electron chi connectivity index (χ1n) is 11.8. The van der Waals surface area contributed by atoms with E-state index in [0.717, 1.165) is 16.9 Å². The van der Waals surface area contributed by atoms with Gasteiger partial charge in [-0.15, -0.1) is 0 Å². The third kappa shape index (κ3) is 6.78. The summed E-state index contributed by atoms with van der Waals surface area (Å²) >= 11 is 0. The zero-order valence-electron chi connectivity index (χ0n) is 20.9. The number of rotatable bonds is 10. The average Bonchev–Trinajstić information content (AvgIpc) is 3.39. The molecule has 1 aliphatic heterocycles. The first-order valence-corrected chi connectivity index (χ1v) is 11.8. The van der Waals surface area contributed by atoms with Crippen LogP contribution in [0, 0.1) is 5.92 Å². The van der Waals surface area contributed by atoms with Gasteiger partial charge in [0.1, 0.15) is 24.1 Å². The molecule has 0 saturated heterocycles. The van der Waals surface area contributed by atoms with Crippen LogP contribution in [0.15, 0.2) is 71.8 Å². The second-order valence-corrected chi connectivity index (χ2v) is 8.70. The zero-order chi connectivity index (χ0) is 26.2. The summed E-state index contributed by atoms with van der Waals surface area (Å²) in [5.74, 6) is 1.63. The van der Waals surface area contributed by atoms with Crippen molar-refractivity contribution in [3.8, 4) is 23.0 Å². The molecule has 0 aliphatic carbocycles. The summed E-state index contributed by atoms with van der Waals surface area (Å²) < 4.78 is 21.6. The van der Waals surface area contributed by atoms with E-state index in [-0.39, 0.29) is 18.6 Å². The fraction of sp³-hybridized carbons (Fsp3) is 0.250. The third-order valence-corrected chi connectivity index (χ3v) is 5.70. The summed E-state index contributed by atoms with van der Waals surface area (Å²) in [6.45, 7) is 4.24. The largest absolute Gasteiger partial charge is 0.497 e. The van der Waals surface area contributed by atoms with Gasteiger partial charge in [0.2, 0.25) is 6.79 Å². The highest BCUT2D eigenvalue weighted by molar-refractivity contribution is 5.98. The standard InChI is InChI=1S/C28H29N3O6/c1-18(2)26(30-27(32)21-8-13-24-25(14-21)37-17-36-24)28(33)31-29-15-19-4-11-23(12-5-19)35-16-20-6-9-22(34-3)10-7-20/h4-15,18,26H,16-17H2,1-3H3,(H,30,32)(H,31,33). The molecule has 0 bridgehead atoms. The molecule has 1 heterocycles. The molecular weight excluding hydrogens is 474 g/mol. The van der Waals surface area contributed by atoms with Crippen LogP contribution in [0.5, 0.6) is 23.0 Å². The van der Waals surface area contributed by atoms with Gasteiger partial charge in [-0.3, -0.25) is 9.59 Å². The molecular formula is C28H29N3O6. The third-order valence-electron chi connectivity index (χ3n) is 5.70. The molecule has 4 rings (SSSR count). The van der Waals surface area contributed by atoms with Crippen molar-refractivity contribution in [1.29, 1.82) is 0 Å². The van der Waals surface area contributed by atoms with E-state index in [1.165, 1.54) is 6.21 Å². The number of amides is 2. The zero-order valence-corrected chi connectivity index (χ0v) is 20.9. The Labute approximate surface area is 215 Å². The van der Waals surface area contributed by atoms with Crippen molar-refractivity contribution in [2.75, 3.05) is 13.9 Å². The fourth-order valence-corrected chi connectivity index (χ4v) is 3.58. The Morgan fingerprint density at radius 3 is 2.38 bits per heavy atom. The van der Waals surface area contributed by atoms with E-state index in [1.807, 2.05) is 62.4 Å². The molecule has 1 atom stereocenters. The Balaban J connectivity index is 1.28. The molecule has 9 nitrogen and oxygen atoms in total. The van der Waals surface area contributed by atoms with E-state index in [2.05, 4.69) is 15.8 Å². The fourth-order valence-electron chi connectivity index (χ4n) is 3.58. The smallest absolute Gasteiger partial charge is 0.262 e. The van der Waals surface area contributed by atoms with E-state index >= 15 is 0 Å². The number of hydrazone groups is 1. The molecule has 2 amide bonds. The van der Waals surface area contributed by atoms with Crippen molar-refractivity contribution >= 4 is 18.0 Å². The summed E-state index contributed by atoms with van der Waals surface area (Å²) in [4.78, 5) is 25.5. The topological polar surface area (TPSA) is 107 Å². The maximum Gasteiger partial charge on any atom is 0.262 e. The van der Waals surface area contributed by atoms with Gasteiger partial charge in [0.05, 0.1) is 13.3 Å². The van der Waals surface area contributed by atoms with Gasteiger partial charge in [-0.2, -0.15) is 5.10 Å². The van der Waals surface area contributed by atoms with E-state index < -0.39 is 11.9 Å². The van der Waals surface area contributed by atoms with E-state index in [1.54, 1.807) is 25.3 Å². The number of fused-ring (bicyclic) bond motifs is 1. The highest BCUT2D eigenvalue weighted by Crippen LogP contribution is 2.32. The number of nitrogens with zero attached hydrogens (tertiary/aromatic N) is 1. The van der Waals surface area contributed by atoms with Gasteiger partial charge in [-0.1, -0.05) is 26.0 Å². The number of ether oxygens (including phenoxy) is 4. The molecule has 3 aromatic rings. The lowest BCUT2D eigenvalue weighted by molar-refractivity contribution is -0.123. The molecule has 1 unspecified atom stereocenters. The first kappa shape index (κ1) is 25.6. The van der Waals surface area contributed by atoms with Gasteiger partial charge in [-0.25, -0.2) is 5.43 Å². The number of benzene rings is 3. The molecule has 2 N–H and O–H groups in total. The minimum atomic E-state index is -0.774. The summed E-state index contributed by atoms with van der Waals surface area (Å²) in [5.41, 5.74) is 4.69. The molecule has 0 radical (unpaired) electrons. The highest BCUT2D eigenvalue weighted by Gasteiger charge is 2.25. The molecule has 1 aliphatic rings. The number of carbonyl (C=O) groups excluding carboxylic acids is 2. The van der Waals surface area contributed by atoms with Crippen LogP contribution in [-0.4, -0.2) is 38.0 Å². The minimum absolute atomic E-state index is 0.120. The van der Waals surface area contributed by atoms with Gasteiger partial charge in [0, 0.05) is 5.56 Å². The normalized spacial score (nSPS) is 12.9. The first-order chi connectivity index (χ1) is 17.9. The lowest BCUT2D eigenvalue weighted by Crippen LogP contribution is -2.48. The average molecular weight is 504 g/mol.